The molecule has 2 heterocycles. The number of nitrogens with two attached hydrogens (primary N) is 2. The minimum absolute atomic E-state index is 0.0390. The average molecular weight is 391 g/mol. The average Bonchev–Trinajstić information content (AvgIpc) is 3.44. The highest BCUT2D eigenvalue weighted by atomic mass is 16.1. The second kappa shape index (κ2) is 7.29. The molecule has 1 saturated carbocycles. The van der Waals surface area contributed by atoms with Crippen molar-refractivity contribution >= 4 is 34.3 Å². The van der Waals surface area contributed by atoms with Crippen LogP contribution in [0, 0.1) is 5.92 Å². The maximum atomic E-state index is 11.9. The van der Waals surface area contributed by atoms with Gasteiger partial charge in [0.2, 0.25) is 5.95 Å². The van der Waals surface area contributed by atoms with Gasteiger partial charge in [-0.1, -0.05) is 32.0 Å². The van der Waals surface area contributed by atoms with Crippen molar-refractivity contribution in [3.05, 3.63) is 48.3 Å². The number of anilines is 3. The summed E-state index contributed by atoms with van der Waals surface area (Å²) in [6, 6.07) is 9.77. The summed E-state index contributed by atoms with van der Waals surface area (Å²) in [6.07, 6.45) is 5.06. The van der Waals surface area contributed by atoms with Crippen molar-refractivity contribution in [1.29, 1.82) is 0 Å². The van der Waals surface area contributed by atoms with E-state index in [-0.39, 0.29) is 17.1 Å². The Hall–Kier alpha value is -3.26. The first-order valence-electron chi connectivity index (χ1n) is 9.70. The third kappa shape index (κ3) is 3.97. The van der Waals surface area contributed by atoms with Crippen LogP contribution in [-0.2, 0) is 0 Å². The highest BCUT2D eigenvalue weighted by Gasteiger charge is 2.47. The fourth-order valence-corrected chi connectivity index (χ4v) is 3.57. The lowest BCUT2D eigenvalue weighted by atomic mass is 9.95. The van der Waals surface area contributed by atoms with Gasteiger partial charge in [0.15, 0.2) is 0 Å². The fraction of sp³-hybridized carbons (Fsp3) is 0.333. The van der Waals surface area contributed by atoms with Crippen LogP contribution in [0.4, 0.5) is 17.5 Å². The number of aromatic nitrogens is 3. The molecule has 0 aliphatic heterocycles. The van der Waals surface area contributed by atoms with Crippen LogP contribution in [0.25, 0.3) is 10.9 Å². The molecule has 0 radical (unpaired) electrons. The number of rotatable bonds is 7. The number of fused-ring (bicyclic) bond motifs is 1. The molecular weight excluding hydrogens is 366 g/mol. The topological polar surface area (TPSA) is 132 Å². The predicted molar refractivity (Wildman–Crippen MR) is 114 cm³/mol. The van der Waals surface area contributed by atoms with Gasteiger partial charge < -0.3 is 22.1 Å². The lowest BCUT2D eigenvalue weighted by molar-refractivity contribution is 0.100. The van der Waals surface area contributed by atoms with Crippen LogP contribution < -0.4 is 22.1 Å². The molecule has 2 aromatic heterocycles. The molecule has 1 amide bonds. The van der Waals surface area contributed by atoms with Crippen LogP contribution in [0.1, 0.15) is 37.0 Å². The van der Waals surface area contributed by atoms with Crippen molar-refractivity contribution < 1.29 is 4.79 Å². The molecule has 0 bridgehead atoms. The van der Waals surface area contributed by atoms with Gasteiger partial charge in [0, 0.05) is 23.2 Å². The molecular formula is C21H25N7O. The van der Waals surface area contributed by atoms with E-state index in [1.807, 2.05) is 30.3 Å². The number of nitrogens with one attached hydrogen (secondary N) is 2. The zero-order valence-electron chi connectivity index (χ0n) is 16.5. The molecule has 1 unspecified atom stereocenters. The summed E-state index contributed by atoms with van der Waals surface area (Å²) >= 11 is 0. The van der Waals surface area contributed by atoms with E-state index in [4.69, 9.17) is 11.5 Å². The molecule has 8 nitrogen and oxygen atoms in total. The summed E-state index contributed by atoms with van der Waals surface area (Å²) in [5, 5.41) is 7.48. The maximum absolute atomic E-state index is 11.9. The Bertz CT molecular complexity index is 1060. The second-order valence-corrected chi connectivity index (χ2v) is 7.96. The van der Waals surface area contributed by atoms with E-state index in [9.17, 15) is 4.79 Å². The maximum Gasteiger partial charge on any atom is 0.254 e. The molecule has 3 aromatic rings. The summed E-state index contributed by atoms with van der Waals surface area (Å²) in [4.78, 5) is 25.1. The smallest absolute Gasteiger partial charge is 0.254 e. The number of carbonyl (C=O) groups is 1. The van der Waals surface area contributed by atoms with Gasteiger partial charge in [-0.05, 0) is 30.9 Å². The number of para-hydroxylation sites is 1. The Morgan fingerprint density at radius 3 is 2.62 bits per heavy atom. The minimum atomic E-state index is -0.606. The molecule has 1 fully saturated rings. The molecule has 1 aliphatic rings. The van der Waals surface area contributed by atoms with Crippen molar-refractivity contribution in [1.82, 2.24) is 15.0 Å². The number of carbonyl (C=O) groups excluding carboxylic acids is 1. The van der Waals surface area contributed by atoms with Gasteiger partial charge in [-0.3, -0.25) is 9.78 Å². The quantitative estimate of drug-likeness (QED) is 0.487. The summed E-state index contributed by atoms with van der Waals surface area (Å²) in [7, 11) is 0. The largest absolute Gasteiger partial charge is 0.365 e. The van der Waals surface area contributed by atoms with Gasteiger partial charge in [0.05, 0.1) is 17.4 Å². The van der Waals surface area contributed by atoms with Crippen LogP contribution in [0.2, 0.25) is 0 Å². The lowest BCUT2D eigenvalue weighted by Crippen LogP contribution is -2.46. The van der Waals surface area contributed by atoms with Gasteiger partial charge in [-0.2, -0.15) is 4.98 Å². The van der Waals surface area contributed by atoms with Gasteiger partial charge in [0.25, 0.3) is 5.91 Å². The second-order valence-electron chi connectivity index (χ2n) is 7.96. The van der Waals surface area contributed by atoms with E-state index in [2.05, 4.69) is 39.4 Å². The standard InChI is InChI=1S/C21H25N7O/c1-12(2)17(21(23)7-8-21)27-20-25-11-15(18(22)29)19(28-20)26-14-9-13-5-3-4-6-16(13)24-10-14/h3-6,9-12,17H,7-8,23H2,1-2H3,(H2,22,29)(H2,25,26,27,28). The van der Waals surface area contributed by atoms with E-state index in [1.165, 1.54) is 6.20 Å². The highest BCUT2D eigenvalue weighted by Crippen LogP contribution is 2.39. The van der Waals surface area contributed by atoms with Crippen molar-refractivity contribution in [3.8, 4) is 0 Å². The van der Waals surface area contributed by atoms with Crippen LogP contribution >= 0.6 is 0 Å². The van der Waals surface area contributed by atoms with E-state index in [0.29, 0.717) is 23.4 Å². The van der Waals surface area contributed by atoms with Crippen LogP contribution in [0.3, 0.4) is 0 Å². The first-order valence-corrected chi connectivity index (χ1v) is 9.70. The van der Waals surface area contributed by atoms with Crippen molar-refractivity contribution in [2.75, 3.05) is 10.6 Å². The number of nitrogens with zero attached hydrogens (tertiary/aromatic N) is 3. The van der Waals surface area contributed by atoms with E-state index >= 15 is 0 Å². The molecule has 1 atom stereocenters. The van der Waals surface area contributed by atoms with Gasteiger partial charge >= 0.3 is 0 Å². The number of hydrogen-bond acceptors (Lipinski definition) is 7. The summed E-state index contributed by atoms with van der Waals surface area (Å²) in [5.74, 6) is 0.437. The third-order valence-corrected chi connectivity index (χ3v) is 5.31. The highest BCUT2D eigenvalue weighted by molar-refractivity contribution is 5.98. The Morgan fingerprint density at radius 1 is 1.17 bits per heavy atom. The normalized spacial score (nSPS) is 15.9. The molecule has 29 heavy (non-hydrogen) atoms. The van der Waals surface area contributed by atoms with E-state index in [0.717, 1.165) is 23.7 Å². The number of pyridine rings is 1. The zero-order valence-corrected chi connectivity index (χ0v) is 16.5. The monoisotopic (exact) mass is 391 g/mol. The molecule has 0 saturated heterocycles. The first-order chi connectivity index (χ1) is 13.9. The number of hydrogen-bond donors (Lipinski definition) is 4. The SMILES string of the molecule is CC(C)C(Nc1ncc(C(N)=O)c(Nc2cnc3ccccc3c2)n1)C1(N)CC1. The molecule has 1 aromatic carbocycles. The summed E-state index contributed by atoms with van der Waals surface area (Å²) < 4.78 is 0. The third-order valence-electron chi connectivity index (χ3n) is 5.31. The van der Waals surface area contributed by atoms with Crippen LogP contribution in [-0.4, -0.2) is 32.4 Å². The molecule has 0 spiro atoms. The summed E-state index contributed by atoms with van der Waals surface area (Å²) in [6.45, 7) is 4.23. The minimum Gasteiger partial charge on any atom is -0.365 e. The number of benzene rings is 1. The van der Waals surface area contributed by atoms with Crippen molar-refractivity contribution in [2.24, 2.45) is 17.4 Å². The molecule has 4 rings (SSSR count). The molecule has 8 heteroatoms. The van der Waals surface area contributed by atoms with Gasteiger partial charge in [-0.25, -0.2) is 4.98 Å². The van der Waals surface area contributed by atoms with Crippen molar-refractivity contribution in [2.45, 2.75) is 38.3 Å². The molecule has 150 valence electrons. The van der Waals surface area contributed by atoms with Crippen LogP contribution in [0.15, 0.2) is 42.7 Å². The Labute approximate surface area is 169 Å². The predicted octanol–water partition coefficient (Wildman–Crippen LogP) is 2.80. The first kappa shape index (κ1) is 19.1. The van der Waals surface area contributed by atoms with E-state index in [1.54, 1.807) is 6.20 Å². The van der Waals surface area contributed by atoms with Crippen LogP contribution in [0.5, 0.6) is 0 Å². The van der Waals surface area contributed by atoms with Gasteiger partial charge in [-0.15, -0.1) is 0 Å². The lowest BCUT2D eigenvalue weighted by Gasteiger charge is -2.28. The van der Waals surface area contributed by atoms with Crippen molar-refractivity contribution in [3.63, 3.8) is 0 Å². The Morgan fingerprint density at radius 2 is 1.93 bits per heavy atom. The molecule has 1 aliphatic carbocycles. The zero-order chi connectivity index (χ0) is 20.6. The Balaban J connectivity index is 1.65. The Kier molecular flexibility index (Phi) is 4.79. The molecule has 6 N–H and O–H groups in total. The number of primary amides is 1. The fourth-order valence-electron chi connectivity index (χ4n) is 3.57. The number of amides is 1. The van der Waals surface area contributed by atoms with E-state index < -0.39 is 5.91 Å². The summed E-state index contributed by atoms with van der Waals surface area (Å²) in [5.41, 5.74) is 13.5. The van der Waals surface area contributed by atoms with Gasteiger partial charge in [0.1, 0.15) is 11.4 Å².